The average Bonchev–Trinajstić information content (AvgIpc) is 2.29. The van der Waals surface area contributed by atoms with Crippen LogP contribution >= 0.6 is 0 Å². The lowest BCUT2D eigenvalue weighted by Crippen LogP contribution is -2.06. The van der Waals surface area contributed by atoms with Gasteiger partial charge in [0, 0.05) is 13.3 Å². The first-order chi connectivity index (χ1) is 8.47. The fraction of sp³-hybridized carbons (Fsp3) is 0.385. The van der Waals surface area contributed by atoms with E-state index < -0.39 is 5.97 Å². The van der Waals surface area contributed by atoms with Crippen LogP contribution in [0, 0.1) is 0 Å². The summed E-state index contributed by atoms with van der Waals surface area (Å²) in [5.74, 6) is 0.506. The number of carbonyl (C=O) groups excluding carboxylic acids is 2. The molecule has 0 radical (unpaired) electrons. The summed E-state index contributed by atoms with van der Waals surface area (Å²) in [4.78, 5) is 22.1. The van der Waals surface area contributed by atoms with Gasteiger partial charge in [-0.25, -0.2) is 0 Å². The molecule has 5 nitrogen and oxygen atoms in total. The number of hydrogen-bond donors (Lipinski definition) is 0. The summed E-state index contributed by atoms with van der Waals surface area (Å²) in [6.45, 7) is 2.79. The van der Waals surface area contributed by atoms with Gasteiger partial charge in [0.15, 0.2) is 11.5 Å². The van der Waals surface area contributed by atoms with Crippen LogP contribution in [0.15, 0.2) is 12.1 Å². The van der Waals surface area contributed by atoms with Gasteiger partial charge < -0.3 is 14.2 Å². The fourth-order valence-electron chi connectivity index (χ4n) is 1.57. The molecule has 0 fully saturated rings. The van der Waals surface area contributed by atoms with Crippen molar-refractivity contribution < 1.29 is 23.8 Å². The Hall–Kier alpha value is -2.04. The third-order valence-electron chi connectivity index (χ3n) is 2.22. The van der Waals surface area contributed by atoms with E-state index in [1.165, 1.54) is 28.1 Å². The smallest absolute Gasteiger partial charge is 0.308 e. The number of benzene rings is 1. The first-order valence-electron chi connectivity index (χ1n) is 5.40. The molecule has 0 aliphatic carbocycles. The van der Waals surface area contributed by atoms with Gasteiger partial charge in [0.05, 0.1) is 14.2 Å². The molecule has 0 bridgehead atoms. The zero-order chi connectivity index (χ0) is 13.7. The molecule has 0 unspecified atom stereocenters. The second-order valence-corrected chi connectivity index (χ2v) is 3.80. The molecule has 0 atom stereocenters. The van der Waals surface area contributed by atoms with Crippen molar-refractivity contribution in [2.24, 2.45) is 0 Å². The Kier molecular flexibility index (Phi) is 4.71. The molecular weight excluding hydrogens is 236 g/mol. The van der Waals surface area contributed by atoms with E-state index >= 15 is 0 Å². The maximum absolute atomic E-state index is 11.1. The van der Waals surface area contributed by atoms with Crippen LogP contribution < -0.4 is 14.2 Å². The van der Waals surface area contributed by atoms with Crippen molar-refractivity contribution in [1.29, 1.82) is 0 Å². The van der Waals surface area contributed by atoms with Gasteiger partial charge in [-0.1, -0.05) is 0 Å². The number of ether oxygens (including phenoxy) is 3. The lowest BCUT2D eigenvalue weighted by atomic mass is 10.1. The van der Waals surface area contributed by atoms with Gasteiger partial charge in [-0.2, -0.15) is 0 Å². The summed E-state index contributed by atoms with van der Waals surface area (Å²) in [5.41, 5.74) is 0.743. The van der Waals surface area contributed by atoms with Crippen LogP contribution in [0.1, 0.15) is 19.4 Å². The molecular formula is C13H16O5. The van der Waals surface area contributed by atoms with Crippen molar-refractivity contribution in [2.75, 3.05) is 14.2 Å². The molecule has 1 rings (SSSR count). The topological polar surface area (TPSA) is 61.8 Å². The lowest BCUT2D eigenvalue weighted by molar-refractivity contribution is -0.132. The fourth-order valence-corrected chi connectivity index (χ4v) is 1.57. The summed E-state index contributed by atoms with van der Waals surface area (Å²) in [6, 6.07) is 3.31. The first kappa shape index (κ1) is 14.0. The number of hydrogen-bond acceptors (Lipinski definition) is 5. The third kappa shape index (κ3) is 3.48. The van der Waals surface area contributed by atoms with E-state index in [-0.39, 0.29) is 18.0 Å². The number of ketones is 1. The highest BCUT2D eigenvalue weighted by molar-refractivity contribution is 5.79. The molecule has 1 aromatic rings. The Labute approximate surface area is 106 Å². The Morgan fingerprint density at radius 1 is 1.06 bits per heavy atom. The standard InChI is InChI=1S/C13H16O5/c1-8(14)5-10-6-11(16-3)13(18-9(2)15)12(7-10)17-4/h6-7H,5H2,1-4H3. The molecule has 0 amide bonds. The molecule has 1 aromatic carbocycles. The quantitative estimate of drug-likeness (QED) is 0.590. The van der Waals surface area contributed by atoms with Gasteiger partial charge in [0.1, 0.15) is 5.78 Å². The van der Waals surface area contributed by atoms with Crippen LogP contribution in [0.5, 0.6) is 17.2 Å². The van der Waals surface area contributed by atoms with Crippen LogP contribution in [0.25, 0.3) is 0 Å². The minimum absolute atomic E-state index is 0.0272. The maximum Gasteiger partial charge on any atom is 0.308 e. The molecule has 0 saturated heterocycles. The van der Waals surface area contributed by atoms with E-state index in [4.69, 9.17) is 14.2 Å². The lowest BCUT2D eigenvalue weighted by Gasteiger charge is -2.14. The largest absolute Gasteiger partial charge is 0.493 e. The summed E-state index contributed by atoms with van der Waals surface area (Å²) < 4.78 is 15.3. The SMILES string of the molecule is COc1cc(CC(C)=O)cc(OC)c1OC(C)=O. The van der Waals surface area contributed by atoms with Crippen LogP contribution in [-0.4, -0.2) is 26.0 Å². The Morgan fingerprint density at radius 3 is 1.89 bits per heavy atom. The van der Waals surface area contributed by atoms with E-state index in [1.807, 2.05) is 0 Å². The van der Waals surface area contributed by atoms with Crippen molar-refractivity contribution in [3.05, 3.63) is 17.7 Å². The highest BCUT2D eigenvalue weighted by Gasteiger charge is 2.16. The normalized spacial score (nSPS) is 9.78. The van der Waals surface area contributed by atoms with Gasteiger partial charge in [-0.3, -0.25) is 9.59 Å². The van der Waals surface area contributed by atoms with Crippen molar-refractivity contribution >= 4 is 11.8 Å². The van der Waals surface area contributed by atoms with Gasteiger partial charge >= 0.3 is 5.97 Å². The van der Waals surface area contributed by atoms with Crippen LogP contribution in [0.2, 0.25) is 0 Å². The van der Waals surface area contributed by atoms with Crippen LogP contribution in [0.3, 0.4) is 0 Å². The molecule has 0 aliphatic rings. The van der Waals surface area contributed by atoms with E-state index in [0.29, 0.717) is 11.5 Å². The monoisotopic (exact) mass is 252 g/mol. The summed E-state index contributed by atoms with van der Waals surface area (Å²) >= 11 is 0. The predicted molar refractivity (Wildman–Crippen MR) is 65.2 cm³/mol. The van der Waals surface area contributed by atoms with Gasteiger partial charge in [-0.15, -0.1) is 0 Å². The second kappa shape index (κ2) is 6.05. The van der Waals surface area contributed by atoms with Gasteiger partial charge in [-0.05, 0) is 24.6 Å². The van der Waals surface area contributed by atoms with Gasteiger partial charge in [0.25, 0.3) is 0 Å². The molecule has 98 valence electrons. The molecule has 0 aromatic heterocycles. The molecule has 0 N–H and O–H groups in total. The highest BCUT2D eigenvalue weighted by Crippen LogP contribution is 2.38. The van der Waals surface area contributed by atoms with Crippen LogP contribution in [-0.2, 0) is 16.0 Å². The Balaban J connectivity index is 3.24. The van der Waals surface area contributed by atoms with E-state index in [9.17, 15) is 9.59 Å². The van der Waals surface area contributed by atoms with E-state index in [0.717, 1.165) is 5.56 Å². The number of carbonyl (C=O) groups is 2. The Morgan fingerprint density at radius 2 is 1.56 bits per heavy atom. The molecule has 18 heavy (non-hydrogen) atoms. The van der Waals surface area contributed by atoms with Gasteiger partial charge in [0.2, 0.25) is 5.75 Å². The highest BCUT2D eigenvalue weighted by atomic mass is 16.6. The van der Waals surface area contributed by atoms with E-state index in [1.54, 1.807) is 12.1 Å². The number of methoxy groups -OCH3 is 2. The maximum atomic E-state index is 11.1. The first-order valence-corrected chi connectivity index (χ1v) is 5.40. The predicted octanol–water partition coefficient (Wildman–Crippen LogP) is 1.76. The number of rotatable bonds is 5. The molecule has 5 heteroatoms. The second-order valence-electron chi connectivity index (χ2n) is 3.80. The summed E-state index contributed by atoms with van der Waals surface area (Å²) in [6.07, 6.45) is 0.271. The van der Waals surface area contributed by atoms with Crippen molar-refractivity contribution in [3.63, 3.8) is 0 Å². The minimum Gasteiger partial charge on any atom is -0.493 e. The van der Waals surface area contributed by atoms with Crippen molar-refractivity contribution in [3.8, 4) is 17.2 Å². The molecule has 0 heterocycles. The molecule has 0 saturated carbocycles. The summed E-state index contributed by atoms with van der Waals surface area (Å²) in [7, 11) is 2.92. The third-order valence-corrected chi connectivity index (χ3v) is 2.22. The number of esters is 1. The summed E-state index contributed by atoms with van der Waals surface area (Å²) in [5, 5.41) is 0. The van der Waals surface area contributed by atoms with Crippen molar-refractivity contribution in [1.82, 2.24) is 0 Å². The van der Waals surface area contributed by atoms with Crippen LogP contribution in [0.4, 0.5) is 0 Å². The average molecular weight is 252 g/mol. The number of Topliss-reactive ketones (excluding diaryl/α,β-unsaturated/α-hetero) is 1. The zero-order valence-electron chi connectivity index (χ0n) is 10.9. The molecule has 0 aliphatic heterocycles. The zero-order valence-corrected chi connectivity index (χ0v) is 10.9. The van der Waals surface area contributed by atoms with E-state index in [2.05, 4.69) is 0 Å². The van der Waals surface area contributed by atoms with Crippen molar-refractivity contribution in [2.45, 2.75) is 20.3 Å². The minimum atomic E-state index is -0.467. The Bertz CT molecular complexity index is 439. The molecule has 0 spiro atoms.